The Bertz CT molecular complexity index is 634. The number of carbonyl (C=O) groups is 2. The summed E-state index contributed by atoms with van der Waals surface area (Å²) in [5.41, 5.74) is -0.311. The highest BCUT2D eigenvalue weighted by molar-refractivity contribution is 7.98. The fourth-order valence-electron chi connectivity index (χ4n) is 5.97. The van der Waals surface area contributed by atoms with Crippen molar-refractivity contribution in [3.63, 3.8) is 0 Å². The van der Waals surface area contributed by atoms with Gasteiger partial charge >= 0.3 is 12.1 Å². The van der Waals surface area contributed by atoms with Crippen LogP contribution in [0.5, 0.6) is 0 Å². The minimum absolute atomic E-state index is 0.0544. The molecule has 3 saturated carbocycles. The molecule has 0 aromatic rings. The first-order valence-corrected chi connectivity index (χ1v) is 13.5. The molecule has 1 aliphatic heterocycles. The average Bonchev–Trinajstić information content (AvgIpc) is 3.14. The second-order valence-corrected chi connectivity index (χ2v) is 11.2. The van der Waals surface area contributed by atoms with Gasteiger partial charge in [-0.3, -0.25) is 5.32 Å². The summed E-state index contributed by atoms with van der Waals surface area (Å²) in [5.74, 6) is 0.565. The molecule has 0 aromatic heterocycles. The van der Waals surface area contributed by atoms with Crippen molar-refractivity contribution in [1.82, 2.24) is 14.9 Å². The molecule has 4 rings (SSSR count). The molecule has 32 heavy (non-hydrogen) atoms. The van der Waals surface area contributed by atoms with Gasteiger partial charge in [0.1, 0.15) is 6.04 Å². The SMILES string of the molecule is O=C(NCC1CCCCC1)NC1SN(C2CCC([NH+]([O-])O)CC2)C(=O)[NH+]1C1CCCCC1. The quantitative estimate of drug-likeness (QED) is 0.298. The molecule has 4 amide bonds. The zero-order valence-electron chi connectivity index (χ0n) is 19.0. The lowest BCUT2D eigenvalue weighted by Crippen LogP contribution is -3.21. The van der Waals surface area contributed by atoms with Crippen LogP contribution in [0.2, 0.25) is 0 Å². The van der Waals surface area contributed by atoms with Crippen LogP contribution in [-0.4, -0.2) is 51.7 Å². The van der Waals surface area contributed by atoms with E-state index >= 15 is 0 Å². The highest BCUT2D eigenvalue weighted by atomic mass is 32.2. The number of quaternary nitrogens is 2. The molecule has 0 spiro atoms. The summed E-state index contributed by atoms with van der Waals surface area (Å²) in [7, 11) is 0. The summed E-state index contributed by atoms with van der Waals surface area (Å²) in [4.78, 5) is 27.1. The highest BCUT2D eigenvalue weighted by Crippen LogP contribution is 2.31. The molecule has 1 saturated heterocycles. The lowest BCUT2D eigenvalue weighted by molar-refractivity contribution is -1.07. The van der Waals surface area contributed by atoms with Gasteiger partial charge in [0, 0.05) is 50.2 Å². The second kappa shape index (κ2) is 11.4. The van der Waals surface area contributed by atoms with Crippen molar-refractivity contribution in [3.8, 4) is 0 Å². The largest absolute Gasteiger partial charge is 0.600 e. The molecule has 10 heteroatoms. The first kappa shape index (κ1) is 24.1. The highest BCUT2D eigenvalue weighted by Gasteiger charge is 2.51. The van der Waals surface area contributed by atoms with E-state index in [4.69, 9.17) is 0 Å². The summed E-state index contributed by atoms with van der Waals surface area (Å²) in [5, 5.41) is 26.0. The van der Waals surface area contributed by atoms with Gasteiger partial charge in [0.2, 0.25) is 5.50 Å². The number of carbonyl (C=O) groups excluding carboxylic acids is 2. The van der Waals surface area contributed by atoms with Gasteiger partial charge < -0.3 is 10.5 Å². The number of rotatable bonds is 6. The summed E-state index contributed by atoms with van der Waals surface area (Å²) in [6, 6.07) is -0.106. The van der Waals surface area contributed by atoms with Crippen LogP contribution in [0.4, 0.5) is 9.59 Å². The molecule has 1 heterocycles. The Hall–Kier alpha value is -1.07. The molecule has 3 aliphatic carbocycles. The standard InChI is InChI=1S/C22H39N5O4S/c28-20(23-15-16-7-3-1-4-8-16)24-21-25(17-9-5-2-6-10-17)22(29)26(32-21)18-11-13-19(14-12-18)27(30)31/h16-19,21,27,30H,1-15H2,(H2,23,24,28)/p+1. The van der Waals surface area contributed by atoms with Crippen molar-refractivity contribution in [2.45, 2.75) is 114 Å². The molecule has 9 nitrogen and oxygen atoms in total. The summed E-state index contributed by atoms with van der Waals surface area (Å²) in [6.45, 7) is 0.707. The average molecular weight is 471 g/mol. The van der Waals surface area contributed by atoms with Crippen LogP contribution in [0.3, 0.4) is 0 Å². The van der Waals surface area contributed by atoms with Crippen LogP contribution in [0.1, 0.15) is 89.9 Å². The van der Waals surface area contributed by atoms with E-state index in [1.54, 1.807) is 0 Å². The first-order chi connectivity index (χ1) is 15.5. The Morgan fingerprint density at radius 2 is 1.66 bits per heavy atom. The van der Waals surface area contributed by atoms with E-state index in [0.29, 0.717) is 38.1 Å². The maximum atomic E-state index is 13.5. The molecule has 0 radical (unpaired) electrons. The molecule has 3 unspecified atom stereocenters. The van der Waals surface area contributed by atoms with Gasteiger partial charge in [0.25, 0.3) is 0 Å². The van der Waals surface area contributed by atoms with E-state index in [-0.39, 0.29) is 35.7 Å². The van der Waals surface area contributed by atoms with Crippen LogP contribution in [-0.2, 0) is 0 Å². The normalized spacial score (nSPS) is 33.8. The Morgan fingerprint density at radius 1 is 1.03 bits per heavy atom. The van der Waals surface area contributed by atoms with E-state index in [1.165, 1.54) is 50.5 Å². The van der Waals surface area contributed by atoms with Gasteiger partial charge in [0.15, 0.2) is 0 Å². The van der Waals surface area contributed by atoms with Crippen LogP contribution in [0.25, 0.3) is 0 Å². The van der Waals surface area contributed by atoms with E-state index in [2.05, 4.69) is 10.6 Å². The molecule has 5 N–H and O–H groups in total. The smallest absolute Gasteiger partial charge is 0.430 e. The third kappa shape index (κ3) is 5.88. The van der Waals surface area contributed by atoms with Crippen molar-refractivity contribution in [3.05, 3.63) is 5.21 Å². The molecule has 0 aromatic carbocycles. The van der Waals surface area contributed by atoms with Crippen LogP contribution in [0, 0.1) is 11.1 Å². The van der Waals surface area contributed by atoms with Gasteiger partial charge in [-0.1, -0.05) is 25.7 Å². The number of nitrogens with zero attached hydrogens (tertiary/aromatic N) is 1. The molecule has 4 aliphatic rings. The molecular formula is C22H40N5O4S+. The Labute approximate surface area is 195 Å². The van der Waals surface area contributed by atoms with E-state index < -0.39 is 5.23 Å². The first-order valence-electron chi connectivity index (χ1n) is 12.7. The molecule has 182 valence electrons. The Morgan fingerprint density at radius 3 is 2.28 bits per heavy atom. The van der Waals surface area contributed by atoms with E-state index in [1.807, 2.05) is 4.31 Å². The monoisotopic (exact) mass is 470 g/mol. The van der Waals surface area contributed by atoms with Gasteiger partial charge in [-0.05, 0) is 44.4 Å². The zero-order chi connectivity index (χ0) is 22.5. The summed E-state index contributed by atoms with van der Waals surface area (Å²) < 4.78 is 1.87. The Balaban J connectivity index is 1.37. The Kier molecular flexibility index (Phi) is 8.55. The fraction of sp³-hybridized carbons (Fsp3) is 0.909. The topological polar surface area (TPSA) is 114 Å². The lowest BCUT2D eigenvalue weighted by Gasteiger charge is -2.34. The van der Waals surface area contributed by atoms with Gasteiger partial charge in [-0.25, -0.2) is 29.2 Å². The minimum Gasteiger partial charge on any atom is -0.600 e. The van der Waals surface area contributed by atoms with Crippen LogP contribution in [0.15, 0.2) is 0 Å². The molecule has 0 bridgehead atoms. The molecular weight excluding hydrogens is 430 g/mol. The number of hydrogen-bond donors (Lipinski definition) is 5. The summed E-state index contributed by atoms with van der Waals surface area (Å²) in [6.07, 6.45) is 14.3. The van der Waals surface area contributed by atoms with Crippen LogP contribution < -0.4 is 20.8 Å². The second-order valence-electron chi connectivity index (χ2n) is 10.1. The van der Waals surface area contributed by atoms with E-state index in [9.17, 15) is 20.0 Å². The number of hydroxylamine groups is 2. The van der Waals surface area contributed by atoms with Gasteiger partial charge in [-0.2, -0.15) is 0 Å². The van der Waals surface area contributed by atoms with Crippen molar-refractivity contribution < 1.29 is 24.9 Å². The maximum absolute atomic E-state index is 13.5. The predicted octanol–water partition coefficient (Wildman–Crippen LogP) is 1.53. The lowest BCUT2D eigenvalue weighted by atomic mass is 9.89. The zero-order valence-corrected chi connectivity index (χ0v) is 19.8. The van der Waals surface area contributed by atoms with Crippen LogP contribution >= 0.6 is 11.9 Å². The van der Waals surface area contributed by atoms with Gasteiger partial charge in [-0.15, -0.1) is 0 Å². The number of amides is 4. The van der Waals surface area contributed by atoms with Crippen molar-refractivity contribution in [2.75, 3.05) is 6.54 Å². The number of hydrogen-bond acceptors (Lipinski definition) is 5. The number of nitrogens with one attached hydrogen (secondary N) is 4. The number of urea groups is 2. The van der Waals surface area contributed by atoms with E-state index in [0.717, 1.165) is 30.6 Å². The minimum atomic E-state index is -0.729. The van der Waals surface area contributed by atoms with Gasteiger partial charge in [0.05, 0.1) is 6.04 Å². The maximum Gasteiger partial charge on any atom is 0.430 e. The van der Waals surface area contributed by atoms with Crippen molar-refractivity contribution >= 4 is 24.0 Å². The predicted molar refractivity (Wildman–Crippen MR) is 122 cm³/mol. The molecule has 4 fully saturated rings. The van der Waals surface area contributed by atoms with Crippen molar-refractivity contribution in [1.29, 1.82) is 0 Å². The summed E-state index contributed by atoms with van der Waals surface area (Å²) >= 11 is 1.45. The third-order valence-corrected chi connectivity index (χ3v) is 9.18. The van der Waals surface area contributed by atoms with Crippen molar-refractivity contribution in [2.24, 2.45) is 5.92 Å². The molecule has 3 atom stereocenters. The fourth-order valence-corrected chi connectivity index (χ4v) is 7.35. The third-order valence-electron chi connectivity index (χ3n) is 7.91.